The van der Waals surface area contributed by atoms with E-state index in [4.69, 9.17) is 9.47 Å². The lowest BCUT2D eigenvalue weighted by molar-refractivity contribution is -0.123. The number of ether oxygens (including phenoxy) is 2. The molecule has 0 saturated heterocycles. The Morgan fingerprint density at radius 1 is 1.15 bits per heavy atom. The standard InChI is InChI=1S/C19H20N4O3/c1-23-12-16(11-22-23)15-6-14(8-20-10-15)9-21-19(24)13-26-18-5-3-4-17(7-18)25-2/h3-8,10-12H,9,13H2,1-2H3,(H,21,24). The van der Waals surface area contributed by atoms with Crippen LogP contribution >= 0.6 is 0 Å². The number of hydrogen-bond acceptors (Lipinski definition) is 5. The van der Waals surface area contributed by atoms with Crippen LogP contribution in [0.25, 0.3) is 11.1 Å². The molecule has 2 heterocycles. The highest BCUT2D eigenvalue weighted by Crippen LogP contribution is 2.19. The number of nitrogens with one attached hydrogen (secondary N) is 1. The zero-order chi connectivity index (χ0) is 18.4. The number of methoxy groups -OCH3 is 1. The van der Waals surface area contributed by atoms with E-state index in [1.165, 1.54) is 0 Å². The summed E-state index contributed by atoms with van der Waals surface area (Å²) in [5, 5.41) is 6.98. The summed E-state index contributed by atoms with van der Waals surface area (Å²) in [7, 11) is 3.45. The molecule has 0 aliphatic heterocycles. The zero-order valence-electron chi connectivity index (χ0n) is 14.7. The van der Waals surface area contributed by atoms with E-state index in [2.05, 4.69) is 15.4 Å². The Morgan fingerprint density at radius 2 is 2.00 bits per heavy atom. The van der Waals surface area contributed by atoms with Crippen LogP contribution in [0.1, 0.15) is 5.56 Å². The Kier molecular flexibility index (Phi) is 5.48. The predicted octanol–water partition coefficient (Wildman–Crippen LogP) is 2.19. The van der Waals surface area contributed by atoms with E-state index in [-0.39, 0.29) is 12.5 Å². The molecule has 1 N–H and O–H groups in total. The van der Waals surface area contributed by atoms with Crippen molar-refractivity contribution in [2.75, 3.05) is 13.7 Å². The maximum atomic E-state index is 12.0. The molecule has 0 unspecified atom stereocenters. The van der Waals surface area contributed by atoms with Gasteiger partial charge in [-0.05, 0) is 23.8 Å². The lowest BCUT2D eigenvalue weighted by Crippen LogP contribution is -2.28. The maximum Gasteiger partial charge on any atom is 0.258 e. The van der Waals surface area contributed by atoms with E-state index in [9.17, 15) is 4.79 Å². The lowest BCUT2D eigenvalue weighted by Gasteiger charge is -2.09. The van der Waals surface area contributed by atoms with Crippen LogP contribution in [0.4, 0.5) is 0 Å². The smallest absolute Gasteiger partial charge is 0.258 e. The van der Waals surface area contributed by atoms with E-state index < -0.39 is 0 Å². The van der Waals surface area contributed by atoms with Gasteiger partial charge in [0.1, 0.15) is 11.5 Å². The van der Waals surface area contributed by atoms with Gasteiger partial charge in [-0.1, -0.05) is 6.07 Å². The Hall–Kier alpha value is -3.35. The molecule has 0 radical (unpaired) electrons. The van der Waals surface area contributed by atoms with Crippen molar-refractivity contribution < 1.29 is 14.3 Å². The van der Waals surface area contributed by atoms with Crippen LogP contribution in [-0.2, 0) is 18.4 Å². The third kappa shape index (κ3) is 4.60. The molecule has 1 aromatic carbocycles. The largest absolute Gasteiger partial charge is 0.497 e. The van der Waals surface area contributed by atoms with Crippen LogP contribution in [0.3, 0.4) is 0 Å². The first-order chi connectivity index (χ1) is 12.6. The van der Waals surface area contributed by atoms with Crippen molar-refractivity contribution >= 4 is 5.91 Å². The molecular weight excluding hydrogens is 332 g/mol. The number of carbonyl (C=O) groups excluding carboxylic acids is 1. The number of nitrogens with zero attached hydrogens (tertiary/aromatic N) is 3. The van der Waals surface area contributed by atoms with Crippen LogP contribution in [0.2, 0.25) is 0 Å². The molecule has 7 heteroatoms. The SMILES string of the molecule is COc1cccc(OCC(=O)NCc2cncc(-c3cnn(C)c3)c2)c1. The summed E-state index contributed by atoms with van der Waals surface area (Å²) in [5.74, 6) is 1.06. The molecule has 3 aromatic rings. The summed E-state index contributed by atoms with van der Waals surface area (Å²) in [5.41, 5.74) is 2.84. The first-order valence-corrected chi connectivity index (χ1v) is 8.10. The van der Waals surface area contributed by atoms with E-state index in [0.717, 1.165) is 16.7 Å². The van der Waals surface area contributed by atoms with Crippen molar-refractivity contribution in [2.45, 2.75) is 6.54 Å². The normalized spacial score (nSPS) is 10.4. The molecule has 0 spiro atoms. The van der Waals surface area contributed by atoms with Crippen molar-refractivity contribution in [2.24, 2.45) is 7.05 Å². The molecule has 0 aliphatic rings. The fourth-order valence-corrected chi connectivity index (χ4v) is 2.40. The van der Waals surface area contributed by atoms with Gasteiger partial charge in [0.15, 0.2) is 6.61 Å². The van der Waals surface area contributed by atoms with E-state index >= 15 is 0 Å². The van der Waals surface area contributed by atoms with Crippen molar-refractivity contribution in [1.82, 2.24) is 20.1 Å². The number of pyridine rings is 1. The highest BCUT2D eigenvalue weighted by atomic mass is 16.5. The summed E-state index contributed by atoms with van der Waals surface area (Å²) in [4.78, 5) is 16.2. The van der Waals surface area contributed by atoms with Gasteiger partial charge in [-0.3, -0.25) is 14.5 Å². The Morgan fingerprint density at radius 3 is 2.77 bits per heavy atom. The molecule has 0 bridgehead atoms. The highest BCUT2D eigenvalue weighted by Gasteiger charge is 2.06. The van der Waals surface area contributed by atoms with Gasteiger partial charge >= 0.3 is 0 Å². The van der Waals surface area contributed by atoms with Gasteiger partial charge in [0.25, 0.3) is 5.91 Å². The summed E-state index contributed by atoms with van der Waals surface area (Å²) < 4.78 is 12.3. The molecule has 0 aliphatic carbocycles. The third-order valence-corrected chi connectivity index (χ3v) is 3.73. The monoisotopic (exact) mass is 352 g/mol. The van der Waals surface area contributed by atoms with Gasteiger partial charge < -0.3 is 14.8 Å². The van der Waals surface area contributed by atoms with Gasteiger partial charge in [0.05, 0.1) is 13.3 Å². The molecule has 134 valence electrons. The topological polar surface area (TPSA) is 78.3 Å². The zero-order valence-corrected chi connectivity index (χ0v) is 14.7. The van der Waals surface area contributed by atoms with Gasteiger partial charge in [-0.25, -0.2) is 0 Å². The third-order valence-electron chi connectivity index (χ3n) is 3.73. The van der Waals surface area contributed by atoms with E-state index in [1.54, 1.807) is 42.5 Å². The molecule has 26 heavy (non-hydrogen) atoms. The van der Waals surface area contributed by atoms with Gasteiger partial charge in [0.2, 0.25) is 0 Å². The van der Waals surface area contributed by atoms with E-state index in [1.807, 2.05) is 31.4 Å². The van der Waals surface area contributed by atoms with E-state index in [0.29, 0.717) is 18.0 Å². The van der Waals surface area contributed by atoms with Crippen LogP contribution in [-0.4, -0.2) is 34.4 Å². The lowest BCUT2D eigenvalue weighted by atomic mass is 10.1. The minimum Gasteiger partial charge on any atom is -0.497 e. The van der Waals surface area contributed by atoms with Crippen molar-refractivity contribution in [3.05, 3.63) is 60.7 Å². The minimum atomic E-state index is -0.209. The second-order valence-corrected chi connectivity index (χ2v) is 5.73. The van der Waals surface area contributed by atoms with Crippen LogP contribution < -0.4 is 14.8 Å². The number of aryl methyl sites for hydroxylation is 1. The molecule has 0 fully saturated rings. The van der Waals surface area contributed by atoms with Crippen LogP contribution in [0.5, 0.6) is 11.5 Å². The Balaban J connectivity index is 1.53. The van der Waals surface area contributed by atoms with Gasteiger partial charge in [-0.2, -0.15) is 5.10 Å². The molecule has 3 rings (SSSR count). The Labute approximate surface area is 151 Å². The van der Waals surface area contributed by atoms with Crippen LogP contribution in [0.15, 0.2) is 55.1 Å². The Bertz CT molecular complexity index is 892. The van der Waals surface area contributed by atoms with Crippen molar-refractivity contribution in [3.63, 3.8) is 0 Å². The summed E-state index contributed by atoms with van der Waals surface area (Å²) in [6.45, 7) is 0.310. The highest BCUT2D eigenvalue weighted by molar-refractivity contribution is 5.77. The van der Waals surface area contributed by atoms with Crippen LogP contribution in [0, 0.1) is 0 Å². The van der Waals surface area contributed by atoms with Crippen molar-refractivity contribution in [3.8, 4) is 22.6 Å². The fourth-order valence-electron chi connectivity index (χ4n) is 2.40. The number of hydrogen-bond donors (Lipinski definition) is 1. The van der Waals surface area contributed by atoms with Gasteiger partial charge in [-0.15, -0.1) is 0 Å². The minimum absolute atomic E-state index is 0.0666. The number of carbonyl (C=O) groups is 1. The predicted molar refractivity (Wildman–Crippen MR) is 96.8 cm³/mol. The first-order valence-electron chi connectivity index (χ1n) is 8.10. The summed E-state index contributed by atoms with van der Waals surface area (Å²) in [6, 6.07) is 9.11. The molecule has 7 nitrogen and oxygen atoms in total. The van der Waals surface area contributed by atoms with Gasteiger partial charge in [0, 0.05) is 49.4 Å². The molecule has 0 saturated carbocycles. The molecule has 0 atom stereocenters. The number of rotatable bonds is 7. The molecule has 1 amide bonds. The summed E-state index contributed by atoms with van der Waals surface area (Å²) in [6.07, 6.45) is 7.19. The average molecular weight is 352 g/mol. The number of amides is 1. The second kappa shape index (κ2) is 8.15. The fraction of sp³-hybridized carbons (Fsp3) is 0.211. The number of aromatic nitrogens is 3. The number of benzene rings is 1. The average Bonchev–Trinajstić information content (AvgIpc) is 3.11. The van der Waals surface area contributed by atoms with Crippen molar-refractivity contribution in [1.29, 1.82) is 0 Å². The second-order valence-electron chi connectivity index (χ2n) is 5.73. The molecule has 2 aromatic heterocycles. The quantitative estimate of drug-likeness (QED) is 0.705. The maximum absolute atomic E-state index is 12.0. The first kappa shape index (κ1) is 17.5. The summed E-state index contributed by atoms with van der Waals surface area (Å²) >= 11 is 0. The molecular formula is C19H20N4O3.